The third-order valence-corrected chi connectivity index (χ3v) is 11.7. The van der Waals surface area contributed by atoms with E-state index in [4.69, 9.17) is 24.2 Å². The summed E-state index contributed by atoms with van der Waals surface area (Å²) in [5.41, 5.74) is 2.09. The molecule has 6 heterocycles. The number of hydrogen-bond acceptors (Lipinski definition) is 10. The van der Waals surface area contributed by atoms with Crippen molar-refractivity contribution in [3.05, 3.63) is 53.5 Å². The largest absolute Gasteiger partial charge is 0.461 e. The van der Waals surface area contributed by atoms with Crippen LogP contribution in [0.3, 0.4) is 0 Å². The molecule has 4 atom stereocenters. The number of halogens is 1. The molecule has 5 aliphatic heterocycles. The molecule has 0 spiro atoms. The zero-order valence-corrected chi connectivity index (χ0v) is 30.7. The fourth-order valence-electron chi connectivity index (χ4n) is 9.38. The monoisotopic (exact) mass is 715 g/mol. The number of nitrogens with zero attached hydrogens (tertiary/aromatic N) is 6. The van der Waals surface area contributed by atoms with Crippen molar-refractivity contribution < 1.29 is 28.2 Å². The van der Waals surface area contributed by atoms with E-state index in [1.54, 1.807) is 13.1 Å². The van der Waals surface area contributed by atoms with Gasteiger partial charge in [0.25, 0.3) is 0 Å². The van der Waals surface area contributed by atoms with Gasteiger partial charge < -0.3 is 29.3 Å². The number of ether oxygens (including phenoxy) is 3. The number of alkyl carbamates (subject to hydrolysis) is 1. The number of piperazine rings is 1. The maximum Gasteiger partial charge on any atom is 0.410 e. The first-order valence-electron chi connectivity index (χ1n) is 18.8. The lowest BCUT2D eigenvalue weighted by molar-refractivity contribution is 0.0122. The van der Waals surface area contributed by atoms with Crippen LogP contribution in [0.5, 0.6) is 6.01 Å². The standard InChI is InChI=1S/C39H50FN7O5/c1-38(2,3)52-37(49)47-26-12-13-27(47)21-45(20-26)34-29-15-19-44(32-11-6-9-25-8-5-10-30(40)33(25)32)22-31(29)42-35(43-34)51-24-39-16-7-18-46(39)28(14-17-39)23-50-36(48)41-4/h5-6,8-11,26-28H,7,12-24H2,1-4H3,(H,41,48)/t26-,27+,28?,39?. The summed E-state index contributed by atoms with van der Waals surface area (Å²) < 4.78 is 33.2. The van der Waals surface area contributed by atoms with E-state index in [0.717, 1.165) is 73.2 Å². The van der Waals surface area contributed by atoms with Gasteiger partial charge in [0.1, 0.15) is 30.4 Å². The van der Waals surface area contributed by atoms with Crippen LogP contribution in [0.1, 0.15) is 70.6 Å². The fourth-order valence-corrected chi connectivity index (χ4v) is 9.38. The molecule has 2 aromatic carbocycles. The average molecular weight is 716 g/mol. The van der Waals surface area contributed by atoms with Crippen molar-refractivity contribution in [2.45, 2.75) is 102 Å². The van der Waals surface area contributed by atoms with Crippen LogP contribution in [0.2, 0.25) is 0 Å². The molecule has 5 aliphatic rings. The zero-order chi connectivity index (χ0) is 36.2. The van der Waals surface area contributed by atoms with Gasteiger partial charge in [-0.15, -0.1) is 0 Å². The van der Waals surface area contributed by atoms with Crippen LogP contribution in [0, 0.1) is 5.82 Å². The van der Waals surface area contributed by atoms with Crippen LogP contribution >= 0.6 is 0 Å². The average Bonchev–Trinajstić information content (AvgIpc) is 3.77. The Morgan fingerprint density at radius 2 is 1.77 bits per heavy atom. The SMILES string of the molecule is CNC(=O)OCC1CCC2(COc3nc4c(c(N5C[C@H]6CC[C@@H](C5)N6C(=O)OC(C)(C)C)n3)CCN(c3cccc5cccc(F)c35)C4)CCCN12. The molecule has 2 bridgehead atoms. The number of benzene rings is 2. The van der Waals surface area contributed by atoms with Crippen LogP contribution in [-0.2, 0) is 22.4 Å². The highest BCUT2D eigenvalue weighted by Crippen LogP contribution is 2.43. The second-order valence-electron chi connectivity index (χ2n) is 16.1. The Kier molecular flexibility index (Phi) is 9.03. The molecule has 0 saturated carbocycles. The molecule has 4 saturated heterocycles. The zero-order valence-electron chi connectivity index (χ0n) is 30.7. The van der Waals surface area contributed by atoms with Crippen LogP contribution in [-0.4, -0.2) is 108 Å². The molecule has 0 aliphatic carbocycles. The van der Waals surface area contributed by atoms with Gasteiger partial charge in [-0.25, -0.2) is 14.0 Å². The number of aromatic nitrogens is 2. The predicted octanol–water partition coefficient (Wildman–Crippen LogP) is 5.65. The number of amides is 2. The van der Waals surface area contributed by atoms with Gasteiger partial charge in [0.15, 0.2) is 0 Å². The first-order valence-corrected chi connectivity index (χ1v) is 18.8. The molecule has 0 radical (unpaired) electrons. The normalized spacial score (nSPS) is 25.6. The summed E-state index contributed by atoms with van der Waals surface area (Å²) in [5.74, 6) is 0.633. The molecule has 278 valence electrons. The number of anilines is 2. The van der Waals surface area contributed by atoms with E-state index in [0.29, 0.717) is 57.2 Å². The lowest BCUT2D eigenvalue weighted by atomic mass is 9.95. The van der Waals surface area contributed by atoms with Gasteiger partial charge >= 0.3 is 18.2 Å². The number of hydrogen-bond donors (Lipinski definition) is 1. The lowest BCUT2D eigenvalue weighted by Crippen LogP contribution is -2.57. The molecule has 2 unspecified atom stereocenters. The quantitative estimate of drug-likeness (QED) is 0.330. The van der Waals surface area contributed by atoms with E-state index in [-0.39, 0.29) is 35.6 Å². The van der Waals surface area contributed by atoms with Crippen molar-refractivity contribution in [1.29, 1.82) is 0 Å². The molecule has 1 N–H and O–H groups in total. The Morgan fingerprint density at radius 1 is 1.00 bits per heavy atom. The van der Waals surface area contributed by atoms with E-state index in [1.165, 1.54) is 6.07 Å². The van der Waals surface area contributed by atoms with E-state index >= 15 is 4.39 Å². The minimum absolute atomic E-state index is 0.0284. The van der Waals surface area contributed by atoms with Gasteiger partial charge in [-0.1, -0.05) is 24.3 Å². The second-order valence-corrected chi connectivity index (χ2v) is 16.1. The Hall–Kier alpha value is -4.39. The molecule has 3 aromatic rings. The molecule has 13 heteroatoms. The maximum atomic E-state index is 15.3. The van der Waals surface area contributed by atoms with Crippen LogP contribution < -0.4 is 19.9 Å². The summed E-state index contributed by atoms with van der Waals surface area (Å²) in [6, 6.07) is 11.7. The fraction of sp³-hybridized carbons (Fsp3) is 0.590. The Morgan fingerprint density at radius 3 is 2.52 bits per heavy atom. The van der Waals surface area contributed by atoms with Crippen molar-refractivity contribution in [2.75, 3.05) is 56.2 Å². The molecule has 52 heavy (non-hydrogen) atoms. The van der Waals surface area contributed by atoms with Gasteiger partial charge in [0, 0.05) is 49.4 Å². The summed E-state index contributed by atoms with van der Waals surface area (Å²) in [6.07, 6.45) is 5.80. The van der Waals surface area contributed by atoms with Gasteiger partial charge in [-0.05, 0) is 89.8 Å². The first-order chi connectivity index (χ1) is 25.0. The number of carbonyl (C=O) groups is 2. The van der Waals surface area contributed by atoms with E-state index < -0.39 is 11.7 Å². The van der Waals surface area contributed by atoms with Crippen molar-refractivity contribution >= 4 is 34.5 Å². The topological polar surface area (TPSA) is 113 Å². The number of carbonyl (C=O) groups excluding carboxylic acids is 2. The summed E-state index contributed by atoms with van der Waals surface area (Å²) in [4.78, 5) is 44.3. The number of nitrogens with one attached hydrogen (secondary N) is 1. The molecule has 8 rings (SSSR count). The Bertz CT molecular complexity index is 1830. The smallest absolute Gasteiger partial charge is 0.410 e. The van der Waals surface area contributed by atoms with E-state index in [9.17, 15) is 9.59 Å². The molecular weight excluding hydrogens is 665 g/mol. The van der Waals surface area contributed by atoms with E-state index in [2.05, 4.69) is 20.0 Å². The molecular formula is C39H50FN7O5. The highest BCUT2D eigenvalue weighted by atomic mass is 19.1. The molecule has 1 aromatic heterocycles. The van der Waals surface area contributed by atoms with Gasteiger partial charge in [0.2, 0.25) is 0 Å². The minimum atomic E-state index is -0.560. The van der Waals surface area contributed by atoms with Gasteiger partial charge in [0.05, 0.1) is 29.9 Å². The highest BCUT2D eigenvalue weighted by molar-refractivity contribution is 5.95. The summed E-state index contributed by atoms with van der Waals surface area (Å²) in [6.45, 7) is 9.94. The Labute approximate surface area is 304 Å². The second kappa shape index (κ2) is 13.5. The molecule has 4 fully saturated rings. The Balaban J connectivity index is 1.08. The van der Waals surface area contributed by atoms with Crippen molar-refractivity contribution in [2.24, 2.45) is 0 Å². The molecule has 2 amide bonds. The third-order valence-electron chi connectivity index (χ3n) is 11.7. The summed E-state index contributed by atoms with van der Waals surface area (Å²) in [5, 5.41) is 4.02. The lowest BCUT2D eigenvalue weighted by Gasteiger charge is -2.43. The van der Waals surface area contributed by atoms with Crippen LogP contribution in [0.15, 0.2) is 36.4 Å². The third kappa shape index (κ3) is 6.45. The van der Waals surface area contributed by atoms with Gasteiger partial charge in [-0.3, -0.25) is 9.80 Å². The van der Waals surface area contributed by atoms with Crippen LogP contribution in [0.4, 0.5) is 25.5 Å². The maximum absolute atomic E-state index is 15.3. The van der Waals surface area contributed by atoms with E-state index in [1.807, 2.05) is 49.9 Å². The van der Waals surface area contributed by atoms with Crippen molar-refractivity contribution in [3.8, 4) is 6.01 Å². The summed E-state index contributed by atoms with van der Waals surface area (Å²) in [7, 11) is 1.57. The minimum Gasteiger partial charge on any atom is -0.461 e. The number of rotatable bonds is 7. The van der Waals surface area contributed by atoms with Crippen LogP contribution in [0.25, 0.3) is 10.8 Å². The summed E-state index contributed by atoms with van der Waals surface area (Å²) >= 11 is 0. The number of fused-ring (bicyclic) bond motifs is 5. The predicted molar refractivity (Wildman–Crippen MR) is 195 cm³/mol. The highest BCUT2D eigenvalue weighted by Gasteiger charge is 2.50. The first kappa shape index (κ1) is 34.7. The van der Waals surface area contributed by atoms with Gasteiger partial charge in [-0.2, -0.15) is 9.97 Å². The van der Waals surface area contributed by atoms with Crippen molar-refractivity contribution in [1.82, 2.24) is 25.1 Å². The molecule has 12 nitrogen and oxygen atoms in total. The van der Waals surface area contributed by atoms with Crippen molar-refractivity contribution in [3.63, 3.8) is 0 Å².